The normalized spacial score (nSPS) is 16.6. The van der Waals surface area contributed by atoms with Crippen LogP contribution in [-0.2, 0) is 11.2 Å². The van der Waals surface area contributed by atoms with Gasteiger partial charge in [-0.3, -0.25) is 4.79 Å². The van der Waals surface area contributed by atoms with Crippen LogP contribution < -0.4 is 0 Å². The molecule has 2 heterocycles. The van der Waals surface area contributed by atoms with Crippen molar-refractivity contribution in [3.8, 4) is 11.4 Å². The Kier molecular flexibility index (Phi) is 6.22. The monoisotopic (exact) mass is 475 g/mol. The van der Waals surface area contributed by atoms with E-state index in [0.717, 1.165) is 12.8 Å². The summed E-state index contributed by atoms with van der Waals surface area (Å²) >= 11 is 3.23. The lowest BCUT2D eigenvalue weighted by Crippen LogP contribution is -2.39. The Hall–Kier alpha value is -2.61. The molecule has 1 unspecified atom stereocenters. The Morgan fingerprint density at radius 3 is 2.90 bits per heavy atom. The number of nitrogens with zero attached hydrogens (tertiary/aromatic N) is 3. The predicted molar refractivity (Wildman–Crippen MR) is 111 cm³/mol. The van der Waals surface area contributed by atoms with Gasteiger partial charge in [0, 0.05) is 29.5 Å². The van der Waals surface area contributed by atoms with Gasteiger partial charge in [0.15, 0.2) is 0 Å². The third kappa shape index (κ3) is 4.75. The van der Waals surface area contributed by atoms with Gasteiger partial charge in [0.2, 0.25) is 17.6 Å². The molecule has 0 N–H and O–H groups in total. The molecule has 0 bridgehead atoms. The van der Waals surface area contributed by atoms with Crippen molar-refractivity contribution in [2.24, 2.45) is 0 Å². The van der Waals surface area contributed by atoms with Crippen LogP contribution in [0.15, 0.2) is 51.5 Å². The number of aryl methyl sites for hydroxylation is 1. The van der Waals surface area contributed by atoms with Gasteiger partial charge in [0.1, 0.15) is 11.6 Å². The fraction of sp³-hybridized carbons (Fsp3) is 0.318. The van der Waals surface area contributed by atoms with E-state index >= 15 is 0 Å². The number of piperidine rings is 1. The molecule has 0 spiro atoms. The average Bonchev–Trinajstić information content (AvgIpc) is 3.23. The van der Waals surface area contributed by atoms with Crippen molar-refractivity contribution >= 4 is 21.8 Å². The standard InChI is InChI=1S/C22H20BrF2N3O2/c23-17-8-6-14(19(25)12-17)7-9-20(29)28-10-2-4-16(13-28)22-26-21(27-30-22)15-3-1-5-18(24)11-15/h1,3,5-6,8,11-12,16H,2,4,7,9-10,13H2. The van der Waals surface area contributed by atoms with Gasteiger partial charge in [-0.15, -0.1) is 0 Å². The number of hydrogen-bond acceptors (Lipinski definition) is 4. The smallest absolute Gasteiger partial charge is 0.231 e. The van der Waals surface area contributed by atoms with Crippen molar-refractivity contribution < 1.29 is 18.1 Å². The van der Waals surface area contributed by atoms with Crippen molar-refractivity contribution in [3.05, 3.63) is 70.0 Å². The number of carbonyl (C=O) groups is 1. The molecule has 0 radical (unpaired) electrons. The summed E-state index contributed by atoms with van der Waals surface area (Å²) in [5.41, 5.74) is 1.07. The first kappa shape index (κ1) is 20.7. The topological polar surface area (TPSA) is 59.2 Å². The Balaban J connectivity index is 1.39. The Morgan fingerprint density at radius 2 is 2.10 bits per heavy atom. The van der Waals surface area contributed by atoms with Crippen LogP contribution in [0, 0.1) is 11.6 Å². The number of amides is 1. The first-order valence-corrected chi connectivity index (χ1v) is 10.6. The summed E-state index contributed by atoms with van der Waals surface area (Å²) in [7, 11) is 0. The van der Waals surface area contributed by atoms with Crippen LogP contribution in [0.4, 0.5) is 8.78 Å². The maximum atomic E-state index is 14.0. The molecule has 8 heteroatoms. The minimum absolute atomic E-state index is 0.0214. The summed E-state index contributed by atoms with van der Waals surface area (Å²) in [5, 5.41) is 3.96. The molecule has 1 fully saturated rings. The number of rotatable bonds is 5. The molecule has 30 heavy (non-hydrogen) atoms. The summed E-state index contributed by atoms with van der Waals surface area (Å²) in [6.45, 7) is 1.13. The number of carbonyl (C=O) groups excluding carboxylic acids is 1. The predicted octanol–water partition coefficient (Wildman–Crippen LogP) is 5.12. The molecular weight excluding hydrogens is 456 g/mol. The second-order valence-corrected chi connectivity index (χ2v) is 8.30. The summed E-state index contributed by atoms with van der Waals surface area (Å²) < 4.78 is 33.5. The van der Waals surface area contributed by atoms with Crippen molar-refractivity contribution in [2.45, 2.75) is 31.6 Å². The summed E-state index contributed by atoms with van der Waals surface area (Å²) in [6.07, 6.45) is 2.24. The largest absolute Gasteiger partial charge is 0.342 e. The second-order valence-electron chi connectivity index (χ2n) is 7.38. The van der Waals surface area contributed by atoms with E-state index in [0.29, 0.717) is 46.8 Å². The van der Waals surface area contributed by atoms with Gasteiger partial charge in [-0.1, -0.05) is 39.3 Å². The van der Waals surface area contributed by atoms with E-state index in [1.807, 2.05) is 0 Å². The van der Waals surface area contributed by atoms with Crippen molar-refractivity contribution in [1.29, 1.82) is 0 Å². The van der Waals surface area contributed by atoms with Gasteiger partial charge in [0.05, 0.1) is 5.92 Å². The molecule has 1 aliphatic rings. The molecule has 0 saturated carbocycles. The Morgan fingerprint density at radius 1 is 1.23 bits per heavy atom. The molecule has 1 saturated heterocycles. The highest BCUT2D eigenvalue weighted by Crippen LogP contribution is 2.28. The molecule has 0 aliphatic carbocycles. The molecule has 1 aliphatic heterocycles. The van der Waals surface area contributed by atoms with E-state index < -0.39 is 0 Å². The van der Waals surface area contributed by atoms with E-state index in [-0.39, 0.29) is 29.9 Å². The first-order chi connectivity index (χ1) is 14.5. The van der Waals surface area contributed by atoms with E-state index in [9.17, 15) is 13.6 Å². The highest BCUT2D eigenvalue weighted by molar-refractivity contribution is 9.10. The molecule has 156 valence electrons. The number of aromatic nitrogens is 2. The Labute approximate surface area is 181 Å². The van der Waals surface area contributed by atoms with Crippen LogP contribution in [0.5, 0.6) is 0 Å². The number of benzene rings is 2. The van der Waals surface area contributed by atoms with Crippen molar-refractivity contribution in [3.63, 3.8) is 0 Å². The first-order valence-electron chi connectivity index (χ1n) is 9.81. The highest BCUT2D eigenvalue weighted by atomic mass is 79.9. The summed E-state index contributed by atoms with van der Waals surface area (Å²) in [4.78, 5) is 18.9. The molecule has 3 aromatic rings. The maximum Gasteiger partial charge on any atom is 0.231 e. The zero-order chi connectivity index (χ0) is 21.1. The molecule has 1 aromatic heterocycles. The summed E-state index contributed by atoms with van der Waals surface area (Å²) in [5.74, 6) is 0.0122. The lowest BCUT2D eigenvalue weighted by Gasteiger charge is -2.31. The molecule has 1 atom stereocenters. The van der Waals surface area contributed by atoms with Crippen LogP contribution in [0.2, 0.25) is 0 Å². The van der Waals surface area contributed by atoms with Crippen molar-refractivity contribution in [2.75, 3.05) is 13.1 Å². The van der Waals surface area contributed by atoms with Crippen LogP contribution in [0.25, 0.3) is 11.4 Å². The average molecular weight is 476 g/mol. The minimum Gasteiger partial charge on any atom is -0.342 e. The van der Waals surface area contributed by atoms with Crippen LogP contribution >= 0.6 is 15.9 Å². The molecular formula is C22H20BrF2N3O2. The number of hydrogen-bond donors (Lipinski definition) is 0. The summed E-state index contributed by atoms with van der Waals surface area (Å²) in [6, 6.07) is 10.9. The SMILES string of the molecule is O=C(CCc1ccc(Br)cc1F)N1CCCC(c2nc(-c3cccc(F)c3)no2)C1. The molecule has 5 nitrogen and oxygen atoms in total. The van der Waals surface area contributed by atoms with Crippen LogP contribution in [0.3, 0.4) is 0 Å². The lowest BCUT2D eigenvalue weighted by atomic mass is 9.97. The van der Waals surface area contributed by atoms with Crippen LogP contribution in [0.1, 0.15) is 36.6 Å². The third-order valence-electron chi connectivity index (χ3n) is 5.27. The van der Waals surface area contributed by atoms with Gasteiger partial charge in [-0.25, -0.2) is 8.78 Å². The zero-order valence-electron chi connectivity index (χ0n) is 16.2. The van der Waals surface area contributed by atoms with E-state index in [2.05, 4.69) is 26.1 Å². The number of halogens is 3. The number of likely N-dealkylation sites (tertiary alicyclic amines) is 1. The lowest BCUT2D eigenvalue weighted by molar-refractivity contribution is -0.132. The zero-order valence-corrected chi connectivity index (χ0v) is 17.7. The van der Waals surface area contributed by atoms with Gasteiger partial charge in [-0.05, 0) is 49.1 Å². The molecule has 1 amide bonds. The molecule has 2 aromatic carbocycles. The van der Waals surface area contributed by atoms with E-state index in [1.54, 1.807) is 29.2 Å². The van der Waals surface area contributed by atoms with Gasteiger partial charge in [-0.2, -0.15) is 4.98 Å². The van der Waals surface area contributed by atoms with E-state index in [4.69, 9.17) is 4.52 Å². The Bertz CT molecular complexity index is 1060. The fourth-order valence-corrected chi connectivity index (χ4v) is 4.01. The minimum atomic E-state index is -0.365. The van der Waals surface area contributed by atoms with Gasteiger partial charge >= 0.3 is 0 Å². The maximum absolute atomic E-state index is 14.0. The second kappa shape index (κ2) is 9.04. The third-order valence-corrected chi connectivity index (χ3v) is 5.76. The highest BCUT2D eigenvalue weighted by Gasteiger charge is 2.28. The van der Waals surface area contributed by atoms with E-state index in [1.165, 1.54) is 18.2 Å². The van der Waals surface area contributed by atoms with Gasteiger partial charge < -0.3 is 9.42 Å². The molecule has 4 rings (SSSR count). The van der Waals surface area contributed by atoms with Crippen molar-refractivity contribution in [1.82, 2.24) is 15.0 Å². The van der Waals surface area contributed by atoms with Gasteiger partial charge in [0.25, 0.3) is 0 Å². The fourth-order valence-electron chi connectivity index (χ4n) is 3.68. The quantitative estimate of drug-likeness (QED) is 0.513. The van der Waals surface area contributed by atoms with Crippen LogP contribution in [-0.4, -0.2) is 34.0 Å².